The summed E-state index contributed by atoms with van der Waals surface area (Å²) in [5.41, 5.74) is 1.72. The number of amides is 2. The molecule has 0 fully saturated rings. The first kappa shape index (κ1) is 20.4. The van der Waals surface area contributed by atoms with Gasteiger partial charge in [-0.15, -0.1) is 0 Å². The molecule has 0 spiro atoms. The van der Waals surface area contributed by atoms with Crippen molar-refractivity contribution >= 4 is 44.3 Å². The van der Waals surface area contributed by atoms with Gasteiger partial charge in [-0.2, -0.15) is 0 Å². The second kappa shape index (κ2) is 7.71. The van der Waals surface area contributed by atoms with Gasteiger partial charge in [-0.25, -0.2) is 14.5 Å². The fourth-order valence-corrected chi connectivity index (χ4v) is 5.46. The molecule has 1 aliphatic rings. The summed E-state index contributed by atoms with van der Waals surface area (Å²) in [6, 6.07) is 20.7. The maximum Gasteiger partial charge on any atom is 0.267 e. The van der Waals surface area contributed by atoms with Gasteiger partial charge in [-0.3, -0.25) is 19.3 Å². The van der Waals surface area contributed by atoms with E-state index in [0.717, 1.165) is 10.2 Å². The molecule has 2 aromatic heterocycles. The summed E-state index contributed by atoms with van der Waals surface area (Å²) < 4.78 is 2.39. The highest BCUT2D eigenvalue weighted by Crippen LogP contribution is 2.34. The number of para-hydroxylation sites is 2. The van der Waals surface area contributed by atoms with Crippen molar-refractivity contribution in [3.63, 3.8) is 0 Å². The number of hydrogen-bond donors (Lipinski definition) is 0. The zero-order valence-electron chi connectivity index (χ0n) is 18.1. The van der Waals surface area contributed by atoms with Gasteiger partial charge in [0.2, 0.25) is 0 Å². The van der Waals surface area contributed by atoms with Crippen LogP contribution < -0.4 is 5.56 Å². The first-order chi connectivity index (χ1) is 16.6. The second-order valence-corrected chi connectivity index (χ2v) is 9.05. The Balaban J connectivity index is 1.62. The Kier molecular flexibility index (Phi) is 4.63. The molecule has 0 saturated heterocycles. The van der Waals surface area contributed by atoms with Crippen molar-refractivity contribution in [2.75, 3.05) is 0 Å². The van der Waals surface area contributed by atoms with E-state index in [1.54, 1.807) is 42.5 Å². The number of carbonyl (C=O) groups excluding carboxylic acids is 2. The molecular weight excluding hydrogens is 448 g/mol. The number of thiazole rings is 1. The van der Waals surface area contributed by atoms with Crippen molar-refractivity contribution in [2.45, 2.75) is 19.4 Å². The summed E-state index contributed by atoms with van der Waals surface area (Å²) in [6.07, 6.45) is 0.390. The highest BCUT2D eigenvalue weighted by Gasteiger charge is 2.41. The van der Waals surface area contributed by atoms with Crippen LogP contribution in [-0.2, 0) is 0 Å². The van der Waals surface area contributed by atoms with E-state index in [9.17, 15) is 14.4 Å². The van der Waals surface area contributed by atoms with Gasteiger partial charge in [0.1, 0.15) is 5.82 Å². The third-order valence-corrected chi connectivity index (χ3v) is 7.12. The number of nitrogens with zero attached hydrogens (tertiary/aromatic N) is 4. The molecule has 0 radical (unpaired) electrons. The van der Waals surface area contributed by atoms with Crippen LogP contribution in [0.15, 0.2) is 77.6 Å². The van der Waals surface area contributed by atoms with Crippen molar-refractivity contribution in [3.05, 3.63) is 100 Å². The molecule has 1 aliphatic heterocycles. The maximum absolute atomic E-state index is 13.7. The normalized spacial score (nSPS) is 14.2. The highest BCUT2D eigenvalue weighted by molar-refractivity contribution is 7.20. The van der Waals surface area contributed by atoms with Gasteiger partial charge in [-0.1, -0.05) is 54.7 Å². The Morgan fingerprint density at radius 2 is 1.41 bits per heavy atom. The maximum atomic E-state index is 13.7. The molecule has 34 heavy (non-hydrogen) atoms. The number of aromatic nitrogens is 3. The molecule has 166 valence electrons. The van der Waals surface area contributed by atoms with Crippen LogP contribution in [0.5, 0.6) is 0 Å². The van der Waals surface area contributed by atoms with Crippen LogP contribution in [0, 0.1) is 0 Å². The standard InChI is InChI=1S/C26H18N4O3S/c1-2-20(29-23(31)15-9-3-4-10-16(15)24(29)32)22-27-18-12-6-5-11-17(18)25(33)30(22)26-28-19-13-7-8-14-21(19)34-26/h3-14,20H,2H2,1H3/t20-/m1/s1. The number of rotatable bonds is 4. The van der Waals surface area contributed by atoms with Crippen molar-refractivity contribution in [1.82, 2.24) is 19.4 Å². The Morgan fingerprint density at radius 1 is 0.794 bits per heavy atom. The van der Waals surface area contributed by atoms with E-state index in [1.165, 1.54) is 20.8 Å². The predicted molar refractivity (Wildman–Crippen MR) is 130 cm³/mol. The summed E-state index contributed by atoms with van der Waals surface area (Å²) in [4.78, 5) is 51.1. The molecular formula is C26H18N4O3S. The monoisotopic (exact) mass is 466 g/mol. The van der Waals surface area contributed by atoms with E-state index in [-0.39, 0.29) is 17.4 Å². The molecule has 8 heteroatoms. The minimum absolute atomic E-state index is 0.283. The van der Waals surface area contributed by atoms with Crippen molar-refractivity contribution in [2.24, 2.45) is 0 Å². The third kappa shape index (κ3) is 2.92. The lowest BCUT2D eigenvalue weighted by atomic mass is 10.1. The van der Waals surface area contributed by atoms with Crippen LogP contribution >= 0.6 is 11.3 Å². The summed E-state index contributed by atoms with van der Waals surface area (Å²) in [6.45, 7) is 1.87. The lowest BCUT2D eigenvalue weighted by Crippen LogP contribution is -2.38. The first-order valence-corrected chi connectivity index (χ1v) is 11.7. The molecule has 3 heterocycles. The van der Waals surface area contributed by atoms with Crippen molar-refractivity contribution in [1.29, 1.82) is 0 Å². The predicted octanol–water partition coefficient (Wildman–Crippen LogP) is 4.74. The molecule has 0 N–H and O–H groups in total. The van der Waals surface area contributed by atoms with Crippen LogP contribution in [-0.4, -0.2) is 31.2 Å². The van der Waals surface area contributed by atoms with E-state index in [0.29, 0.717) is 39.4 Å². The molecule has 6 rings (SSSR count). The van der Waals surface area contributed by atoms with Gasteiger partial charge in [0.25, 0.3) is 17.4 Å². The zero-order chi connectivity index (χ0) is 23.4. The number of fused-ring (bicyclic) bond motifs is 3. The molecule has 0 unspecified atom stereocenters. The van der Waals surface area contributed by atoms with Gasteiger partial charge in [-0.05, 0) is 42.8 Å². The second-order valence-electron chi connectivity index (χ2n) is 8.04. The lowest BCUT2D eigenvalue weighted by molar-refractivity contribution is 0.0568. The quantitative estimate of drug-likeness (QED) is 0.357. The van der Waals surface area contributed by atoms with Crippen molar-refractivity contribution < 1.29 is 9.59 Å². The Morgan fingerprint density at radius 3 is 2.09 bits per heavy atom. The van der Waals surface area contributed by atoms with E-state index in [1.807, 2.05) is 37.3 Å². The molecule has 0 bridgehead atoms. The molecule has 2 amide bonds. The Bertz CT molecular complexity index is 1620. The smallest absolute Gasteiger partial charge is 0.267 e. The van der Waals surface area contributed by atoms with E-state index in [4.69, 9.17) is 4.98 Å². The van der Waals surface area contributed by atoms with Crippen LogP contribution in [0.25, 0.3) is 26.3 Å². The van der Waals surface area contributed by atoms with Crippen LogP contribution in [0.1, 0.15) is 45.9 Å². The van der Waals surface area contributed by atoms with Crippen LogP contribution in [0.3, 0.4) is 0 Å². The first-order valence-electron chi connectivity index (χ1n) is 10.9. The molecule has 3 aromatic carbocycles. The number of carbonyl (C=O) groups is 2. The fraction of sp³-hybridized carbons (Fsp3) is 0.115. The van der Waals surface area contributed by atoms with Gasteiger partial charge in [0.15, 0.2) is 5.13 Å². The average molecular weight is 467 g/mol. The average Bonchev–Trinajstić information content (AvgIpc) is 3.40. The van der Waals surface area contributed by atoms with Gasteiger partial charge >= 0.3 is 0 Å². The largest absolute Gasteiger partial charge is 0.269 e. The summed E-state index contributed by atoms with van der Waals surface area (Å²) in [5, 5.41) is 0.900. The van der Waals surface area contributed by atoms with Crippen LogP contribution in [0.2, 0.25) is 0 Å². The van der Waals surface area contributed by atoms with E-state index >= 15 is 0 Å². The number of hydrogen-bond acceptors (Lipinski definition) is 6. The van der Waals surface area contributed by atoms with Gasteiger partial charge in [0.05, 0.1) is 38.3 Å². The van der Waals surface area contributed by atoms with E-state index < -0.39 is 6.04 Å². The minimum atomic E-state index is -0.739. The number of benzene rings is 3. The minimum Gasteiger partial charge on any atom is -0.269 e. The van der Waals surface area contributed by atoms with Crippen LogP contribution in [0.4, 0.5) is 0 Å². The molecule has 0 saturated carbocycles. The summed E-state index contributed by atoms with van der Waals surface area (Å²) in [5.74, 6) is -0.448. The van der Waals surface area contributed by atoms with Gasteiger partial charge < -0.3 is 0 Å². The summed E-state index contributed by atoms with van der Waals surface area (Å²) in [7, 11) is 0. The molecule has 5 aromatic rings. The third-order valence-electron chi connectivity index (χ3n) is 6.10. The molecule has 1 atom stereocenters. The van der Waals surface area contributed by atoms with Gasteiger partial charge in [0, 0.05) is 0 Å². The molecule has 7 nitrogen and oxygen atoms in total. The summed E-state index contributed by atoms with van der Waals surface area (Å²) >= 11 is 1.37. The topological polar surface area (TPSA) is 85.2 Å². The van der Waals surface area contributed by atoms with E-state index in [2.05, 4.69) is 4.98 Å². The Hall–Kier alpha value is -4.17. The SMILES string of the molecule is CC[C@H](c1nc2ccccc2c(=O)n1-c1nc2ccccc2s1)N1C(=O)c2ccccc2C1=O. The zero-order valence-corrected chi connectivity index (χ0v) is 19.0. The molecule has 0 aliphatic carbocycles. The van der Waals surface area contributed by atoms with Crippen molar-refractivity contribution in [3.8, 4) is 5.13 Å². The Labute approximate surface area is 197 Å². The fourth-order valence-electron chi connectivity index (χ4n) is 4.49. The highest BCUT2D eigenvalue weighted by atomic mass is 32.1. The lowest BCUT2D eigenvalue weighted by Gasteiger charge is -2.26. The number of imide groups is 1.